The van der Waals surface area contributed by atoms with Crippen LogP contribution in [-0.4, -0.2) is 28.6 Å². The van der Waals surface area contributed by atoms with Gasteiger partial charge in [0.05, 0.1) is 16.9 Å². The van der Waals surface area contributed by atoms with Crippen LogP contribution >= 0.6 is 0 Å². The van der Waals surface area contributed by atoms with Gasteiger partial charge in [-0.15, -0.1) is 0 Å². The first kappa shape index (κ1) is 13.8. The Labute approximate surface area is 129 Å². The van der Waals surface area contributed by atoms with Crippen LogP contribution in [0.4, 0.5) is 5.69 Å². The van der Waals surface area contributed by atoms with Crippen LogP contribution in [0.2, 0.25) is 0 Å². The zero-order chi connectivity index (χ0) is 15.3. The van der Waals surface area contributed by atoms with Crippen LogP contribution in [0.1, 0.15) is 40.9 Å². The van der Waals surface area contributed by atoms with E-state index < -0.39 is 5.91 Å². The zero-order valence-corrected chi connectivity index (χ0v) is 12.5. The van der Waals surface area contributed by atoms with Crippen molar-refractivity contribution in [2.45, 2.75) is 31.7 Å². The maximum Gasteiger partial charge on any atom is 0.252 e. The minimum atomic E-state index is -0.457. The Morgan fingerprint density at radius 3 is 3.00 bits per heavy atom. The number of aliphatic hydroxyl groups is 1. The van der Waals surface area contributed by atoms with Gasteiger partial charge in [0.15, 0.2) is 0 Å². The van der Waals surface area contributed by atoms with Gasteiger partial charge in [-0.1, -0.05) is 12.2 Å². The second-order valence-corrected chi connectivity index (χ2v) is 6.73. The molecule has 0 aromatic carbocycles. The van der Waals surface area contributed by atoms with Crippen LogP contribution < -0.4 is 11.1 Å². The van der Waals surface area contributed by atoms with Crippen LogP contribution in [0.3, 0.4) is 0 Å². The molecule has 3 aliphatic carbocycles. The van der Waals surface area contributed by atoms with E-state index in [1.165, 1.54) is 19.3 Å². The van der Waals surface area contributed by atoms with Crippen molar-refractivity contribution in [3.63, 3.8) is 0 Å². The fourth-order valence-electron chi connectivity index (χ4n) is 4.60. The molecule has 1 amide bonds. The van der Waals surface area contributed by atoms with E-state index in [4.69, 9.17) is 5.73 Å². The lowest BCUT2D eigenvalue weighted by Gasteiger charge is -2.32. The average Bonchev–Trinajstić information content (AvgIpc) is 3.22. The molecular formula is C17H21N3O2. The number of aliphatic hydroxyl groups excluding tert-OH is 1. The fraction of sp³-hybridized carbons (Fsp3) is 0.529. The maximum absolute atomic E-state index is 11.8. The lowest BCUT2D eigenvalue weighted by atomic mass is 9.84. The van der Waals surface area contributed by atoms with Gasteiger partial charge in [-0.3, -0.25) is 9.78 Å². The molecule has 2 saturated carbocycles. The van der Waals surface area contributed by atoms with Gasteiger partial charge < -0.3 is 16.2 Å². The molecule has 2 fully saturated rings. The molecule has 0 radical (unpaired) electrons. The number of nitrogens with one attached hydrogen (secondary N) is 1. The third-order valence-electron chi connectivity index (χ3n) is 5.67. The predicted octanol–water partition coefficient (Wildman–Crippen LogP) is 1.57. The molecule has 1 aromatic rings. The summed E-state index contributed by atoms with van der Waals surface area (Å²) in [6, 6.07) is 0.224. The monoisotopic (exact) mass is 299 g/mol. The predicted molar refractivity (Wildman–Crippen MR) is 84.3 cm³/mol. The number of primary amides is 1. The molecule has 2 bridgehead atoms. The van der Waals surface area contributed by atoms with Crippen molar-refractivity contribution in [2.24, 2.45) is 23.5 Å². The van der Waals surface area contributed by atoms with E-state index in [0.29, 0.717) is 17.4 Å². The van der Waals surface area contributed by atoms with Crippen LogP contribution in [0.25, 0.3) is 6.08 Å². The highest BCUT2D eigenvalue weighted by Crippen LogP contribution is 2.49. The topological polar surface area (TPSA) is 88.2 Å². The Hall–Kier alpha value is -1.88. The largest absolute Gasteiger partial charge is 0.396 e. The van der Waals surface area contributed by atoms with Crippen molar-refractivity contribution in [1.29, 1.82) is 0 Å². The number of rotatable bonds is 4. The summed E-state index contributed by atoms with van der Waals surface area (Å²) < 4.78 is 0. The molecule has 0 saturated heterocycles. The first-order valence-corrected chi connectivity index (χ1v) is 8.04. The Kier molecular flexibility index (Phi) is 3.18. The lowest BCUT2D eigenvalue weighted by Crippen LogP contribution is -2.37. The van der Waals surface area contributed by atoms with E-state index in [0.717, 1.165) is 23.4 Å². The summed E-state index contributed by atoms with van der Waals surface area (Å²) in [7, 11) is 0. The maximum atomic E-state index is 11.8. The summed E-state index contributed by atoms with van der Waals surface area (Å²) in [5, 5.41) is 13.3. The Bertz CT molecular complexity index is 656. The second-order valence-electron chi connectivity index (χ2n) is 6.73. The lowest BCUT2D eigenvalue weighted by molar-refractivity contribution is 0.100. The zero-order valence-electron chi connectivity index (χ0n) is 12.5. The third-order valence-corrected chi connectivity index (χ3v) is 5.67. The molecular weight excluding hydrogens is 278 g/mol. The van der Waals surface area contributed by atoms with Gasteiger partial charge in [0.2, 0.25) is 0 Å². The standard InChI is InChI=1S/C17H21N3O2/c18-17(22)12-7-19-14-3-1-2-11(14)16(12)20-15-10-5-4-9(6-10)13(15)8-21/h1-2,7,9-10,13,15,21H,3-6,8H2,(H2,18,22)(H,19,20)/t9-,10+,13-,15+/m1/s1. The fourth-order valence-corrected chi connectivity index (χ4v) is 4.60. The summed E-state index contributed by atoms with van der Waals surface area (Å²) in [4.78, 5) is 16.1. The van der Waals surface area contributed by atoms with Crippen LogP contribution in [0.15, 0.2) is 12.3 Å². The molecule has 0 unspecified atom stereocenters. The first-order valence-electron chi connectivity index (χ1n) is 8.04. The number of carbonyl (C=O) groups is 1. The Morgan fingerprint density at radius 1 is 1.41 bits per heavy atom. The minimum Gasteiger partial charge on any atom is -0.396 e. The summed E-state index contributed by atoms with van der Waals surface area (Å²) >= 11 is 0. The van der Waals surface area contributed by atoms with Gasteiger partial charge in [-0.25, -0.2) is 0 Å². The normalized spacial score (nSPS) is 31.5. The molecule has 5 heteroatoms. The number of amides is 1. The number of aromatic nitrogens is 1. The number of anilines is 1. The summed E-state index contributed by atoms with van der Waals surface area (Å²) in [6.45, 7) is 0.202. The number of hydrogen-bond donors (Lipinski definition) is 3. The molecule has 22 heavy (non-hydrogen) atoms. The van der Waals surface area contributed by atoms with E-state index in [-0.39, 0.29) is 18.6 Å². The smallest absolute Gasteiger partial charge is 0.252 e. The number of nitrogens with zero attached hydrogens (tertiary/aromatic N) is 1. The van der Waals surface area contributed by atoms with Gasteiger partial charge in [0.25, 0.3) is 5.91 Å². The van der Waals surface area contributed by atoms with Crippen molar-refractivity contribution in [1.82, 2.24) is 4.98 Å². The second kappa shape index (κ2) is 5.09. The SMILES string of the molecule is NC(=O)c1cnc2c(c1N[C@H]1[C@H]3CC[C@H](C3)[C@H]1CO)C=CC2. The van der Waals surface area contributed by atoms with Gasteiger partial charge in [-0.05, 0) is 31.1 Å². The summed E-state index contributed by atoms with van der Waals surface area (Å²) in [6.07, 6.45) is 10.0. The van der Waals surface area contributed by atoms with Crippen molar-refractivity contribution in [2.75, 3.05) is 11.9 Å². The van der Waals surface area contributed by atoms with Crippen molar-refractivity contribution < 1.29 is 9.90 Å². The highest BCUT2D eigenvalue weighted by atomic mass is 16.3. The van der Waals surface area contributed by atoms with E-state index in [1.807, 2.05) is 6.08 Å². The highest BCUT2D eigenvalue weighted by molar-refractivity contribution is 6.00. The summed E-state index contributed by atoms with van der Waals surface area (Å²) in [5.74, 6) is 1.00. The Balaban J connectivity index is 1.72. The van der Waals surface area contributed by atoms with Gasteiger partial charge in [0.1, 0.15) is 0 Å². The van der Waals surface area contributed by atoms with Crippen LogP contribution in [-0.2, 0) is 6.42 Å². The number of carbonyl (C=O) groups excluding carboxylic acids is 1. The molecule has 4 rings (SSSR count). The number of nitrogens with two attached hydrogens (primary N) is 1. The molecule has 3 aliphatic rings. The number of hydrogen-bond acceptors (Lipinski definition) is 4. The van der Waals surface area contributed by atoms with Crippen molar-refractivity contribution in [3.8, 4) is 0 Å². The van der Waals surface area contributed by atoms with Crippen LogP contribution in [0, 0.1) is 17.8 Å². The summed E-state index contributed by atoms with van der Waals surface area (Å²) in [5.41, 5.74) is 8.75. The van der Waals surface area contributed by atoms with E-state index in [2.05, 4.69) is 16.4 Å². The van der Waals surface area contributed by atoms with Crippen molar-refractivity contribution >= 4 is 17.7 Å². The first-order chi connectivity index (χ1) is 10.7. The molecule has 4 N–H and O–H groups in total. The molecule has 1 aromatic heterocycles. The molecule has 0 aliphatic heterocycles. The Morgan fingerprint density at radius 2 is 2.23 bits per heavy atom. The van der Waals surface area contributed by atoms with Gasteiger partial charge >= 0.3 is 0 Å². The van der Waals surface area contributed by atoms with Crippen molar-refractivity contribution in [3.05, 3.63) is 29.1 Å². The number of fused-ring (bicyclic) bond motifs is 3. The molecule has 116 valence electrons. The highest BCUT2D eigenvalue weighted by Gasteiger charge is 2.47. The van der Waals surface area contributed by atoms with Gasteiger partial charge in [-0.2, -0.15) is 0 Å². The molecule has 1 heterocycles. The van der Waals surface area contributed by atoms with E-state index in [1.54, 1.807) is 6.20 Å². The molecule has 4 atom stereocenters. The van der Waals surface area contributed by atoms with E-state index in [9.17, 15) is 9.90 Å². The number of allylic oxidation sites excluding steroid dienone is 1. The third kappa shape index (κ3) is 1.96. The minimum absolute atomic E-state index is 0.202. The van der Waals surface area contributed by atoms with Gasteiger partial charge in [0, 0.05) is 36.7 Å². The number of pyridine rings is 1. The van der Waals surface area contributed by atoms with E-state index >= 15 is 0 Å². The van der Waals surface area contributed by atoms with Crippen LogP contribution in [0.5, 0.6) is 0 Å². The average molecular weight is 299 g/mol. The molecule has 0 spiro atoms. The molecule has 5 nitrogen and oxygen atoms in total. The quantitative estimate of drug-likeness (QED) is 0.787.